The monoisotopic (exact) mass is 381 g/mol. The third-order valence-electron chi connectivity index (χ3n) is 4.10. The fourth-order valence-electron chi connectivity index (χ4n) is 2.69. The molecule has 0 saturated heterocycles. The van der Waals surface area contributed by atoms with Crippen LogP contribution in [0.1, 0.15) is 30.8 Å². The van der Waals surface area contributed by atoms with Gasteiger partial charge >= 0.3 is 5.97 Å². The number of aryl methyl sites for hydroxylation is 1. The van der Waals surface area contributed by atoms with Crippen LogP contribution in [-0.2, 0) is 16.0 Å². The summed E-state index contributed by atoms with van der Waals surface area (Å²) in [5, 5.41) is 9.10. The first-order valence-corrected chi connectivity index (χ1v) is 9.85. The molecule has 0 aliphatic heterocycles. The first kappa shape index (κ1) is 19.2. The van der Waals surface area contributed by atoms with Gasteiger partial charge in [-0.25, -0.2) is 0 Å². The molecule has 0 radical (unpaired) electrons. The highest BCUT2D eigenvalue weighted by molar-refractivity contribution is 8.00. The molecule has 0 spiro atoms. The molecular formula is C21H23N3O2S. The summed E-state index contributed by atoms with van der Waals surface area (Å²) in [6.07, 6.45) is 0.663. The molecule has 0 fully saturated rings. The van der Waals surface area contributed by atoms with E-state index in [1.54, 1.807) is 0 Å². The zero-order valence-electron chi connectivity index (χ0n) is 15.8. The second-order valence-electron chi connectivity index (χ2n) is 6.24. The lowest BCUT2D eigenvalue weighted by Crippen LogP contribution is -2.17. The fourth-order valence-corrected chi connectivity index (χ4v) is 3.57. The molecule has 0 amide bonds. The van der Waals surface area contributed by atoms with Gasteiger partial charge in [-0.15, -0.1) is 10.2 Å². The van der Waals surface area contributed by atoms with E-state index in [1.165, 1.54) is 17.3 Å². The number of rotatable bonds is 7. The Balaban J connectivity index is 1.95. The summed E-state index contributed by atoms with van der Waals surface area (Å²) >= 11 is 1.36. The molecule has 27 heavy (non-hydrogen) atoms. The van der Waals surface area contributed by atoms with Gasteiger partial charge in [0.1, 0.15) is 11.1 Å². The SMILES string of the molecule is CCOC(=O)[C@@H](C)Sc1nnc(Cc2ccccc2)n1-c1ccc(C)cc1. The molecule has 0 unspecified atom stereocenters. The zero-order valence-corrected chi connectivity index (χ0v) is 16.6. The summed E-state index contributed by atoms with van der Waals surface area (Å²) < 4.78 is 7.14. The van der Waals surface area contributed by atoms with Gasteiger partial charge in [-0.05, 0) is 38.5 Å². The van der Waals surface area contributed by atoms with Gasteiger partial charge in [0.15, 0.2) is 5.16 Å². The smallest absolute Gasteiger partial charge is 0.319 e. The summed E-state index contributed by atoms with van der Waals surface area (Å²) in [5.74, 6) is 0.592. The number of esters is 1. The highest BCUT2D eigenvalue weighted by Crippen LogP contribution is 2.27. The molecule has 0 aliphatic rings. The van der Waals surface area contributed by atoms with Crippen molar-refractivity contribution in [1.29, 1.82) is 0 Å². The van der Waals surface area contributed by atoms with Crippen LogP contribution in [0.25, 0.3) is 5.69 Å². The van der Waals surface area contributed by atoms with Gasteiger partial charge in [0.05, 0.1) is 6.61 Å². The van der Waals surface area contributed by atoms with Crippen LogP contribution < -0.4 is 0 Å². The molecule has 140 valence electrons. The topological polar surface area (TPSA) is 57.0 Å². The largest absolute Gasteiger partial charge is 0.465 e. The average Bonchev–Trinajstić information content (AvgIpc) is 3.05. The van der Waals surface area contributed by atoms with Crippen molar-refractivity contribution >= 4 is 17.7 Å². The van der Waals surface area contributed by atoms with Crippen molar-refractivity contribution in [3.63, 3.8) is 0 Å². The molecule has 1 heterocycles. The van der Waals surface area contributed by atoms with E-state index in [0.717, 1.165) is 17.1 Å². The van der Waals surface area contributed by atoms with Gasteiger partial charge in [-0.2, -0.15) is 0 Å². The van der Waals surface area contributed by atoms with Crippen molar-refractivity contribution in [3.05, 3.63) is 71.5 Å². The first-order chi connectivity index (χ1) is 13.1. The summed E-state index contributed by atoms with van der Waals surface area (Å²) in [5.41, 5.74) is 3.33. The van der Waals surface area contributed by atoms with Crippen LogP contribution in [0.5, 0.6) is 0 Å². The molecule has 3 aromatic rings. The molecule has 1 aromatic heterocycles. The van der Waals surface area contributed by atoms with Gasteiger partial charge in [0.2, 0.25) is 0 Å². The second kappa shape index (κ2) is 8.86. The number of hydrogen-bond acceptors (Lipinski definition) is 5. The number of ether oxygens (including phenoxy) is 1. The zero-order chi connectivity index (χ0) is 19.2. The Hall–Kier alpha value is -2.60. The Morgan fingerprint density at radius 3 is 2.48 bits per heavy atom. The minimum Gasteiger partial charge on any atom is -0.465 e. The van der Waals surface area contributed by atoms with Crippen molar-refractivity contribution in [3.8, 4) is 5.69 Å². The minimum absolute atomic E-state index is 0.245. The van der Waals surface area contributed by atoms with E-state index in [9.17, 15) is 4.79 Å². The molecule has 0 saturated carbocycles. The van der Waals surface area contributed by atoms with Gasteiger partial charge in [-0.3, -0.25) is 9.36 Å². The van der Waals surface area contributed by atoms with Crippen LogP contribution in [0.4, 0.5) is 0 Å². The third-order valence-corrected chi connectivity index (χ3v) is 5.12. The highest BCUT2D eigenvalue weighted by atomic mass is 32.2. The van der Waals surface area contributed by atoms with Crippen LogP contribution >= 0.6 is 11.8 Å². The lowest BCUT2D eigenvalue weighted by Gasteiger charge is -2.13. The van der Waals surface area contributed by atoms with Gasteiger partial charge in [0.25, 0.3) is 0 Å². The molecular weight excluding hydrogens is 358 g/mol. The van der Waals surface area contributed by atoms with Crippen molar-refractivity contribution in [2.24, 2.45) is 0 Å². The van der Waals surface area contributed by atoms with Crippen molar-refractivity contribution < 1.29 is 9.53 Å². The quantitative estimate of drug-likeness (QED) is 0.453. The summed E-state index contributed by atoms with van der Waals surface area (Å²) in [6.45, 7) is 6.06. The van der Waals surface area contributed by atoms with E-state index >= 15 is 0 Å². The van der Waals surface area contributed by atoms with E-state index in [2.05, 4.69) is 41.4 Å². The van der Waals surface area contributed by atoms with Crippen LogP contribution in [0.15, 0.2) is 59.8 Å². The number of aromatic nitrogens is 3. The molecule has 1 atom stereocenters. The Labute approximate surface area is 163 Å². The standard InChI is InChI=1S/C21H23N3O2S/c1-4-26-20(25)16(3)27-21-23-22-19(14-17-8-6-5-7-9-17)24(21)18-12-10-15(2)11-13-18/h5-13,16H,4,14H2,1-3H3/t16-/m1/s1. The normalized spacial score (nSPS) is 12.0. The molecule has 3 rings (SSSR count). The van der Waals surface area contributed by atoms with Gasteiger partial charge in [-0.1, -0.05) is 59.8 Å². The molecule has 6 heteroatoms. The number of thioether (sulfide) groups is 1. The van der Waals surface area contributed by atoms with E-state index in [4.69, 9.17) is 4.74 Å². The number of carbonyl (C=O) groups is 1. The van der Waals surface area contributed by atoms with E-state index < -0.39 is 0 Å². The van der Waals surface area contributed by atoms with Crippen molar-refractivity contribution in [2.45, 2.75) is 37.6 Å². The maximum Gasteiger partial charge on any atom is 0.319 e. The Kier molecular flexibility index (Phi) is 6.29. The number of benzene rings is 2. The molecule has 0 aliphatic carbocycles. The molecule has 0 bridgehead atoms. The fraction of sp³-hybridized carbons (Fsp3) is 0.286. The lowest BCUT2D eigenvalue weighted by atomic mass is 10.1. The highest BCUT2D eigenvalue weighted by Gasteiger charge is 2.22. The van der Waals surface area contributed by atoms with E-state index in [1.807, 2.05) is 48.7 Å². The van der Waals surface area contributed by atoms with Crippen LogP contribution in [-0.4, -0.2) is 32.6 Å². The maximum atomic E-state index is 12.0. The van der Waals surface area contributed by atoms with Crippen molar-refractivity contribution in [1.82, 2.24) is 14.8 Å². The molecule has 2 aromatic carbocycles. The molecule has 0 N–H and O–H groups in total. The van der Waals surface area contributed by atoms with Crippen molar-refractivity contribution in [2.75, 3.05) is 6.61 Å². The number of nitrogens with zero attached hydrogens (tertiary/aromatic N) is 3. The lowest BCUT2D eigenvalue weighted by molar-refractivity contribution is -0.142. The minimum atomic E-state index is -0.358. The Bertz CT molecular complexity index is 892. The summed E-state index contributed by atoms with van der Waals surface area (Å²) in [7, 11) is 0. The van der Waals surface area contributed by atoms with Gasteiger partial charge < -0.3 is 4.74 Å². The third kappa shape index (κ3) is 4.77. The van der Waals surface area contributed by atoms with E-state index in [-0.39, 0.29) is 11.2 Å². The van der Waals surface area contributed by atoms with Gasteiger partial charge in [0, 0.05) is 12.1 Å². The average molecular weight is 382 g/mol. The van der Waals surface area contributed by atoms with E-state index in [0.29, 0.717) is 18.2 Å². The molecule has 5 nitrogen and oxygen atoms in total. The Morgan fingerprint density at radius 1 is 1.11 bits per heavy atom. The second-order valence-corrected chi connectivity index (χ2v) is 7.55. The number of hydrogen-bond donors (Lipinski definition) is 0. The Morgan fingerprint density at radius 2 is 1.81 bits per heavy atom. The predicted octanol–water partition coefficient (Wildman–Crippen LogP) is 4.21. The summed E-state index contributed by atoms with van der Waals surface area (Å²) in [6, 6.07) is 18.4. The first-order valence-electron chi connectivity index (χ1n) is 8.97. The summed E-state index contributed by atoms with van der Waals surface area (Å²) in [4.78, 5) is 12.0. The van der Waals surface area contributed by atoms with Crippen LogP contribution in [0.3, 0.4) is 0 Å². The van der Waals surface area contributed by atoms with Crippen LogP contribution in [0.2, 0.25) is 0 Å². The maximum absolute atomic E-state index is 12.0. The van der Waals surface area contributed by atoms with Crippen LogP contribution in [0, 0.1) is 6.92 Å². The predicted molar refractivity (Wildman–Crippen MR) is 107 cm³/mol. The number of carbonyl (C=O) groups excluding carboxylic acids is 1.